The second-order valence-corrected chi connectivity index (χ2v) is 9.85. The maximum absolute atomic E-state index is 13.0. The van der Waals surface area contributed by atoms with E-state index in [-0.39, 0.29) is 29.2 Å². The first-order valence-electron chi connectivity index (χ1n) is 9.97. The zero-order chi connectivity index (χ0) is 20.7. The number of piperidine rings is 1. The molecular weight excluding hydrogens is 418 g/mol. The molecular formula is C22H21N3O3S2. The van der Waals surface area contributed by atoms with Gasteiger partial charge in [0.1, 0.15) is 5.69 Å². The van der Waals surface area contributed by atoms with Crippen LogP contribution in [0.1, 0.15) is 32.6 Å². The summed E-state index contributed by atoms with van der Waals surface area (Å²) in [6, 6.07) is 11.1. The number of hydrogen-bond acceptors (Lipinski definition) is 5. The van der Waals surface area contributed by atoms with Crippen molar-refractivity contribution in [1.29, 1.82) is 0 Å². The Morgan fingerprint density at radius 2 is 1.87 bits per heavy atom. The third kappa shape index (κ3) is 3.61. The SMILES string of the molecule is O=C(Nc1ccc2n(c1=O)C[C@H]1C[C@@H]2CN(C(=O)Cc2cccs2)C1)c1cccs1. The minimum absolute atomic E-state index is 0.152. The molecule has 2 bridgehead atoms. The molecule has 3 aromatic rings. The molecule has 2 aliphatic rings. The Balaban J connectivity index is 1.35. The highest BCUT2D eigenvalue weighted by molar-refractivity contribution is 7.12. The minimum Gasteiger partial charge on any atom is -0.341 e. The van der Waals surface area contributed by atoms with Gasteiger partial charge in [-0.05, 0) is 47.4 Å². The lowest BCUT2D eigenvalue weighted by atomic mass is 9.83. The first-order chi connectivity index (χ1) is 14.6. The fourth-order valence-electron chi connectivity index (χ4n) is 4.51. The molecule has 0 radical (unpaired) electrons. The molecule has 0 saturated carbocycles. The molecule has 30 heavy (non-hydrogen) atoms. The van der Waals surface area contributed by atoms with Crippen molar-refractivity contribution in [1.82, 2.24) is 9.47 Å². The number of nitrogens with one attached hydrogen (secondary N) is 1. The van der Waals surface area contributed by atoms with Crippen molar-refractivity contribution in [3.63, 3.8) is 0 Å². The third-order valence-corrected chi connectivity index (χ3v) is 7.60. The van der Waals surface area contributed by atoms with Crippen molar-refractivity contribution in [2.45, 2.75) is 25.3 Å². The van der Waals surface area contributed by atoms with Gasteiger partial charge in [-0.3, -0.25) is 14.4 Å². The number of nitrogens with zero attached hydrogens (tertiary/aromatic N) is 2. The number of fused-ring (bicyclic) bond motifs is 4. The van der Waals surface area contributed by atoms with Crippen LogP contribution in [0.2, 0.25) is 0 Å². The summed E-state index contributed by atoms with van der Waals surface area (Å²) in [4.78, 5) is 41.8. The molecule has 0 spiro atoms. The van der Waals surface area contributed by atoms with Crippen LogP contribution >= 0.6 is 22.7 Å². The van der Waals surface area contributed by atoms with Crippen LogP contribution in [0.4, 0.5) is 5.69 Å². The van der Waals surface area contributed by atoms with Crippen molar-refractivity contribution in [2.24, 2.45) is 5.92 Å². The maximum atomic E-state index is 13.0. The quantitative estimate of drug-likeness (QED) is 0.677. The number of amides is 2. The number of carbonyl (C=O) groups excluding carboxylic acids is 2. The van der Waals surface area contributed by atoms with E-state index in [1.807, 2.05) is 39.9 Å². The predicted octanol–water partition coefficient (Wildman–Crippen LogP) is 3.41. The summed E-state index contributed by atoms with van der Waals surface area (Å²) in [5.41, 5.74) is 1.10. The fraction of sp³-hybridized carbons (Fsp3) is 0.318. The second kappa shape index (κ2) is 7.85. The summed E-state index contributed by atoms with van der Waals surface area (Å²) in [5.74, 6) is 0.302. The zero-order valence-corrected chi connectivity index (χ0v) is 17.9. The number of carbonyl (C=O) groups is 2. The molecule has 1 N–H and O–H groups in total. The highest BCUT2D eigenvalue weighted by Crippen LogP contribution is 2.35. The van der Waals surface area contributed by atoms with Gasteiger partial charge in [-0.15, -0.1) is 22.7 Å². The first kappa shape index (κ1) is 19.3. The molecule has 1 saturated heterocycles. The minimum atomic E-state index is -0.260. The number of aromatic nitrogens is 1. The molecule has 2 amide bonds. The molecule has 6 nitrogen and oxygen atoms in total. The Bertz CT molecular complexity index is 1140. The average molecular weight is 440 g/mol. The number of anilines is 1. The lowest BCUT2D eigenvalue weighted by Gasteiger charge is -2.43. The number of pyridine rings is 1. The van der Waals surface area contributed by atoms with Crippen LogP contribution in [0.25, 0.3) is 0 Å². The number of likely N-dealkylation sites (tertiary alicyclic amines) is 1. The van der Waals surface area contributed by atoms with E-state index in [0.717, 1.165) is 17.0 Å². The Hall–Kier alpha value is -2.71. The lowest BCUT2D eigenvalue weighted by molar-refractivity contribution is -0.133. The van der Waals surface area contributed by atoms with E-state index in [4.69, 9.17) is 0 Å². The van der Waals surface area contributed by atoms with Gasteiger partial charge in [-0.25, -0.2) is 0 Å². The predicted molar refractivity (Wildman–Crippen MR) is 118 cm³/mol. The van der Waals surface area contributed by atoms with Gasteiger partial charge in [-0.2, -0.15) is 0 Å². The first-order valence-corrected chi connectivity index (χ1v) is 11.7. The van der Waals surface area contributed by atoms with Gasteiger partial charge in [0.15, 0.2) is 0 Å². The lowest BCUT2D eigenvalue weighted by Crippen LogP contribution is -2.49. The van der Waals surface area contributed by atoms with Crippen LogP contribution in [-0.4, -0.2) is 34.4 Å². The number of rotatable bonds is 4. The van der Waals surface area contributed by atoms with E-state index in [2.05, 4.69) is 5.32 Å². The van der Waals surface area contributed by atoms with Crippen LogP contribution < -0.4 is 10.9 Å². The van der Waals surface area contributed by atoms with Gasteiger partial charge in [0, 0.05) is 36.1 Å². The van der Waals surface area contributed by atoms with Crippen molar-refractivity contribution in [2.75, 3.05) is 18.4 Å². The molecule has 2 atom stereocenters. The van der Waals surface area contributed by atoms with E-state index in [9.17, 15) is 14.4 Å². The average Bonchev–Trinajstić information content (AvgIpc) is 3.44. The van der Waals surface area contributed by atoms with Crippen molar-refractivity contribution in [3.05, 3.63) is 73.0 Å². The van der Waals surface area contributed by atoms with Gasteiger partial charge in [0.05, 0.1) is 11.3 Å². The molecule has 154 valence electrons. The molecule has 0 aromatic carbocycles. The van der Waals surface area contributed by atoms with Gasteiger partial charge in [0.2, 0.25) is 5.91 Å². The summed E-state index contributed by atoms with van der Waals surface area (Å²) in [5, 5.41) is 6.58. The van der Waals surface area contributed by atoms with Crippen LogP contribution in [0.15, 0.2) is 52.0 Å². The molecule has 3 aromatic heterocycles. The van der Waals surface area contributed by atoms with Crippen LogP contribution in [0, 0.1) is 5.92 Å². The zero-order valence-electron chi connectivity index (χ0n) is 16.2. The van der Waals surface area contributed by atoms with Crippen LogP contribution in [0.5, 0.6) is 0 Å². The van der Waals surface area contributed by atoms with E-state index in [0.29, 0.717) is 36.6 Å². The third-order valence-electron chi connectivity index (χ3n) is 5.86. The van der Waals surface area contributed by atoms with Gasteiger partial charge in [-0.1, -0.05) is 12.1 Å². The topological polar surface area (TPSA) is 71.4 Å². The summed E-state index contributed by atoms with van der Waals surface area (Å²) in [7, 11) is 0. The monoisotopic (exact) mass is 439 g/mol. The molecule has 0 unspecified atom stereocenters. The van der Waals surface area contributed by atoms with Gasteiger partial charge in [0.25, 0.3) is 11.5 Å². The van der Waals surface area contributed by atoms with E-state index in [1.165, 1.54) is 11.3 Å². The Kier molecular flexibility index (Phi) is 5.04. The normalized spacial score (nSPS) is 19.9. The molecule has 2 aliphatic heterocycles. The Morgan fingerprint density at radius 1 is 1.03 bits per heavy atom. The maximum Gasteiger partial charge on any atom is 0.274 e. The van der Waals surface area contributed by atoms with E-state index >= 15 is 0 Å². The van der Waals surface area contributed by atoms with Crippen molar-refractivity contribution >= 4 is 40.2 Å². The van der Waals surface area contributed by atoms with Crippen LogP contribution in [-0.2, 0) is 17.8 Å². The summed E-state index contributed by atoms with van der Waals surface area (Å²) in [6.45, 7) is 1.90. The Morgan fingerprint density at radius 3 is 2.63 bits per heavy atom. The van der Waals surface area contributed by atoms with E-state index < -0.39 is 0 Å². The molecule has 0 aliphatic carbocycles. The highest BCUT2D eigenvalue weighted by atomic mass is 32.1. The highest BCUT2D eigenvalue weighted by Gasteiger charge is 2.36. The summed E-state index contributed by atoms with van der Waals surface area (Å²) >= 11 is 2.95. The molecule has 8 heteroatoms. The molecule has 1 fully saturated rings. The molecule has 5 rings (SSSR count). The largest absolute Gasteiger partial charge is 0.341 e. The van der Waals surface area contributed by atoms with Gasteiger partial charge < -0.3 is 14.8 Å². The number of thiophene rings is 2. The van der Waals surface area contributed by atoms with Crippen LogP contribution in [0.3, 0.4) is 0 Å². The van der Waals surface area contributed by atoms with Gasteiger partial charge >= 0.3 is 0 Å². The fourth-order valence-corrected chi connectivity index (χ4v) is 5.83. The standard InChI is InChI=1S/C22H21N3O3S2/c26-20(10-16-3-1-7-29-16)24-11-14-9-15(13-24)18-6-5-17(22(28)25(18)12-14)23-21(27)19-4-2-8-30-19/h1-8,14-15H,9-13H2,(H,23,27)/t14-,15+/m0/s1. The summed E-state index contributed by atoms with van der Waals surface area (Å²) in [6.07, 6.45) is 1.43. The Labute approximate surface area is 181 Å². The number of hydrogen-bond donors (Lipinski definition) is 1. The van der Waals surface area contributed by atoms with E-state index in [1.54, 1.807) is 28.0 Å². The van der Waals surface area contributed by atoms with Crippen molar-refractivity contribution < 1.29 is 9.59 Å². The molecule has 5 heterocycles. The second-order valence-electron chi connectivity index (χ2n) is 7.87. The smallest absolute Gasteiger partial charge is 0.274 e. The summed E-state index contributed by atoms with van der Waals surface area (Å²) < 4.78 is 1.80. The van der Waals surface area contributed by atoms with Crippen molar-refractivity contribution in [3.8, 4) is 0 Å².